The molecule has 0 aromatic rings. The van der Waals surface area contributed by atoms with Crippen molar-refractivity contribution < 1.29 is 4.74 Å². The zero-order chi connectivity index (χ0) is 15.3. The van der Waals surface area contributed by atoms with Gasteiger partial charge in [0.15, 0.2) is 0 Å². The van der Waals surface area contributed by atoms with Crippen LogP contribution in [0.3, 0.4) is 0 Å². The van der Waals surface area contributed by atoms with Gasteiger partial charge in [0.05, 0.1) is 6.10 Å². The predicted molar refractivity (Wildman–Crippen MR) is 89.7 cm³/mol. The van der Waals surface area contributed by atoms with Crippen LogP contribution in [0.1, 0.15) is 66.2 Å². The summed E-state index contributed by atoms with van der Waals surface area (Å²) < 4.78 is 6.06. The standard InChI is InChI=1S/C18H36N2O/c1-5-20(6-2)14-15(4)19-16-13-17(21-7-3)18(16)11-9-8-10-12-18/h15-17,19H,5-14H2,1-4H3. The number of rotatable bonds is 8. The van der Waals surface area contributed by atoms with Gasteiger partial charge in [-0.25, -0.2) is 0 Å². The fraction of sp³-hybridized carbons (Fsp3) is 1.00. The first kappa shape index (κ1) is 17.2. The van der Waals surface area contributed by atoms with E-state index >= 15 is 0 Å². The van der Waals surface area contributed by atoms with E-state index in [9.17, 15) is 0 Å². The van der Waals surface area contributed by atoms with E-state index in [1.54, 1.807) is 0 Å². The highest BCUT2D eigenvalue weighted by Gasteiger charge is 2.55. The number of nitrogens with zero attached hydrogens (tertiary/aromatic N) is 1. The van der Waals surface area contributed by atoms with Crippen molar-refractivity contribution in [2.45, 2.75) is 84.4 Å². The lowest BCUT2D eigenvalue weighted by Gasteiger charge is -2.58. The molecule has 0 aromatic heterocycles. The van der Waals surface area contributed by atoms with Crippen molar-refractivity contribution in [3.05, 3.63) is 0 Å². The SMILES string of the molecule is CCOC1CC(NC(C)CN(CC)CC)C12CCCCC2. The molecule has 3 unspecified atom stereocenters. The van der Waals surface area contributed by atoms with Crippen molar-refractivity contribution in [3.8, 4) is 0 Å². The summed E-state index contributed by atoms with van der Waals surface area (Å²) in [6, 6.07) is 1.26. The van der Waals surface area contributed by atoms with E-state index < -0.39 is 0 Å². The molecule has 2 rings (SSSR count). The van der Waals surface area contributed by atoms with E-state index in [4.69, 9.17) is 4.74 Å². The van der Waals surface area contributed by atoms with Crippen molar-refractivity contribution >= 4 is 0 Å². The molecular weight excluding hydrogens is 260 g/mol. The third-order valence-electron chi connectivity index (χ3n) is 5.85. The van der Waals surface area contributed by atoms with Gasteiger partial charge in [-0.05, 0) is 46.2 Å². The minimum Gasteiger partial charge on any atom is -0.378 e. The maximum Gasteiger partial charge on any atom is 0.0661 e. The summed E-state index contributed by atoms with van der Waals surface area (Å²) in [5.74, 6) is 0. The zero-order valence-electron chi connectivity index (χ0n) is 14.7. The molecule has 0 heterocycles. The molecule has 0 aliphatic heterocycles. The van der Waals surface area contributed by atoms with Gasteiger partial charge >= 0.3 is 0 Å². The summed E-state index contributed by atoms with van der Waals surface area (Å²) >= 11 is 0. The molecule has 2 aliphatic carbocycles. The Morgan fingerprint density at radius 3 is 2.38 bits per heavy atom. The molecule has 2 saturated carbocycles. The fourth-order valence-electron chi connectivity index (χ4n) is 4.56. The van der Waals surface area contributed by atoms with Crippen molar-refractivity contribution in [2.24, 2.45) is 5.41 Å². The van der Waals surface area contributed by atoms with E-state index in [1.165, 1.54) is 45.1 Å². The number of hydrogen-bond donors (Lipinski definition) is 1. The van der Waals surface area contributed by atoms with Crippen LogP contribution in [0.2, 0.25) is 0 Å². The maximum atomic E-state index is 6.06. The van der Waals surface area contributed by atoms with E-state index in [0.29, 0.717) is 23.6 Å². The molecule has 1 N–H and O–H groups in total. The third-order valence-corrected chi connectivity index (χ3v) is 5.85. The fourth-order valence-corrected chi connectivity index (χ4v) is 4.56. The van der Waals surface area contributed by atoms with Crippen molar-refractivity contribution in [1.29, 1.82) is 0 Å². The first-order chi connectivity index (χ1) is 10.2. The highest BCUT2D eigenvalue weighted by molar-refractivity contribution is 5.09. The molecule has 2 fully saturated rings. The van der Waals surface area contributed by atoms with Crippen LogP contribution in [0.25, 0.3) is 0 Å². The van der Waals surface area contributed by atoms with Crippen LogP contribution in [0, 0.1) is 5.41 Å². The van der Waals surface area contributed by atoms with Crippen LogP contribution < -0.4 is 5.32 Å². The molecule has 0 aromatic carbocycles. The second kappa shape index (κ2) is 7.94. The highest BCUT2D eigenvalue weighted by atomic mass is 16.5. The molecule has 0 amide bonds. The molecular formula is C18H36N2O. The molecule has 124 valence electrons. The van der Waals surface area contributed by atoms with E-state index in [0.717, 1.165) is 19.7 Å². The van der Waals surface area contributed by atoms with Crippen molar-refractivity contribution in [1.82, 2.24) is 10.2 Å². The lowest BCUT2D eigenvalue weighted by Crippen LogP contribution is -2.66. The minimum absolute atomic E-state index is 0.450. The molecule has 0 saturated heterocycles. The van der Waals surface area contributed by atoms with Crippen LogP contribution in [0.15, 0.2) is 0 Å². The largest absolute Gasteiger partial charge is 0.378 e. The normalized spacial score (nSPS) is 29.6. The molecule has 3 heteroatoms. The average Bonchev–Trinajstić information content (AvgIpc) is 2.52. The van der Waals surface area contributed by atoms with Crippen LogP contribution >= 0.6 is 0 Å². The van der Waals surface area contributed by atoms with Gasteiger partial charge < -0.3 is 15.0 Å². The Bertz CT molecular complexity index is 298. The smallest absolute Gasteiger partial charge is 0.0661 e. The average molecular weight is 296 g/mol. The van der Waals surface area contributed by atoms with Gasteiger partial charge in [-0.15, -0.1) is 0 Å². The topological polar surface area (TPSA) is 24.5 Å². The zero-order valence-corrected chi connectivity index (χ0v) is 14.7. The number of hydrogen-bond acceptors (Lipinski definition) is 3. The Hall–Kier alpha value is -0.120. The van der Waals surface area contributed by atoms with Crippen molar-refractivity contribution in [3.63, 3.8) is 0 Å². The van der Waals surface area contributed by atoms with Crippen LogP contribution in [-0.4, -0.2) is 49.3 Å². The molecule has 0 bridgehead atoms. The summed E-state index contributed by atoms with van der Waals surface area (Å²) in [5, 5.41) is 3.94. The summed E-state index contributed by atoms with van der Waals surface area (Å²) in [4.78, 5) is 2.52. The Kier molecular flexibility index (Phi) is 6.51. The first-order valence-corrected chi connectivity index (χ1v) is 9.26. The Morgan fingerprint density at radius 2 is 1.81 bits per heavy atom. The summed E-state index contributed by atoms with van der Waals surface area (Å²) in [7, 11) is 0. The van der Waals surface area contributed by atoms with E-state index in [-0.39, 0.29) is 0 Å². The monoisotopic (exact) mass is 296 g/mol. The molecule has 3 nitrogen and oxygen atoms in total. The summed E-state index contributed by atoms with van der Waals surface area (Å²) in [6.45, 7) is 13.3. The molecule has 0 radical (unpaired) electrons. The lowest BCUT2D eigenvalue weighted by molar-refractivity contribution is -0.152. The molecule has 1 spiro atoms. The molecule has 21 heavy (non-hydrogen) atoms. The van der Waals surface area contributed by atoms with Gasteiger partial charge in [0.2, 0.25) is 0 Å². The first-order valence-electron chi connectivity index (χ1n) is 9.26. The van der Waals surface area contributed by atoms with Crippen LogP contribution in [0.4, 0.5) is 0 Å². The van der Waals surface area contributed by atoms with Gasteiger partial charge in [-0.2, -0.15) is 0 Å². The van der Waals surface area contributed by atoms with Gasteiger partial charge in [-0.3, -0.25) is 0 Å². The van der Waals surface area contributed by atoms with Gasteiger partial charge in [0.1, 0.15) is 0 Å². The Morgan fingerprint density at radius 1 is 1.14 bits per heavy atom. The maximum absolute atomic E-state index is 6.06. The second-order valence-electron chi connectivity index (χ2n) is 7.08. The van der Waals surface area contributed by atoms with E-state index in [1.807, 2.05) is 0 Å². The van der Waals surface area contributed by atoms with Gasteiger partial charge in [0.25, 0.3) is 0 Å². The predicted octanol–water partition coefficient (Wildman–Crippen LogP) is 3.43. The van der Waals surface area contributed by atoms with Gasteiger partial charge in [-0.1, -0.05) is 33.1 Å². The minimum atomic E-state index is 0.450. The van der Waals surface area contributed by atoms with Gasteiger partial charge in [0, 0.05) is 30.7 Å². The van der Waals surface area contributed by atoms with E-state index in [2.05, 4.69) is 37.9 Å². The lowest BCUT2D eigenvalue weighted by atomic mass is 9.55. The van der Waals surface area contributed by atoms with Crippen molar-refractivity contribution in [2.75, 3.05) is 26.2 Å². The quantitative estimate of drug-likeness (QED) is 0.742. The van der Waals surface area contributed by atoms with Crippen LogP contribution in [-0.2, 0) is 4.74 Å². The Labute approximate surface area is 131 Å². The highest BCUT2D eigenvalue weighted by Crippen LogP contribution is 2.53. The number of ether oxygens (including phenoxy) is 1. The number of nitrogens with one attached hydrogen (secondary N) is 1. The Balaban J connectivity index is 1.90. The second-order valence-corrected chi connectivity index (χ2v) is 7.08. The summed E-state index contributed by atoms with van der Waals surface area (Å²) in [5.41, 5.74) is 0.450. The van der Waals surface area contributed by atoms with Crippen LogP contribution in [0.5, 0.6) is 0 Å². The summed E-state index contributed by atoms with van der Waals surface area (Å²) in [6.07, 6.45) is 8.68. The molecule has 2 aliphatic rings. The molecule has 3 atom stereocenters. The number of likely N-dealkylation sites (N-methyl/N-ethyl adjacent to an activating group) is 1. The third kappa shape index (κ3) is 3.80.